The van der Waals surface area contributed by atoms with Crippen molar-refractivity contribution in [3.05, 3.63) is 64.7 Å². The van der Waals surface area contributed by atoms with Crippen LogP contribution in [0.2, 0.25) is 0 Å². The zero-order valence-corrected chi connectivity index (χ0v) is 21.0. The third-order valence-electron chi connectivity index (χ3n) is 5.72. The molecule has 1 aromatic heterocycles. The van der Waals surface area contributed by atoms with Crippen LogP contribution in [0.15, 0.2) is 53.3 Å². The molecular formula is C27H35N3O4. The minimum Gasteiger partial charge on any atom is -0.497 e. The molecule has 0 aliphatic carbocycles. The fourth-order valence-corrected chi connectivity index (χ4v) is 4.02. The van der Waals surface area contributed by atoms with E-state index in [9.17, 15) is 9.59 Å². The zero-order chi connectivity index (χ0) is 24.9. The monoisotopic (exact) mass is 465 g/mol. The summed E-state index contributed by atoms with van der Waals surface area (Å²) in [6.07, 6.45) is 1.09. The first-order valence-corrected chi connectivity index (χ1v) is 11.6. The Morgan fingerprint density at radius 2 is 1.76 bits per heavy atom. The Kier molecular flexibility index (Phi) is 8.10. The number of rotatable bonds is 9. The average Bonchev–Trinajstić information content (AvgIpc) is 2.80. The molecule has 1 unspecified atom stereocenters. The molecule has 3 aromatic rings. The number of para-hydroxylation sites is 1. The summed E-state index contributed by atoms with van der Waals surface area (Å²) in [5.41, 5.74) is 0.950. The van der Waals surface area contributed by atoms with Crippen molar-refractivity contribution in [2.45, 2.75) is 46.6 Å². The fourth-order valence-electron chi connectivity index (χ4n) is 4.02. The maximum Gasteiger partial charge on any atom is 0.266 e. The Bertz CT molecular complexity index is 1180. The Morgan fingerprint density at radius 1 is 1.09 bits per heavy atom. The molecule has 7 nitrogen and oxygen atoms in total. The van der Waals surface area contributed by atoms with Gasteiger partial charge in [-0.25, -0.2) is 4.98 Å². The third kappa shape index (κ3) is 5.83. The standard InChI is InChI=1S/C27H35N3O4/c1-19(29(16-9-17-33-5)24(31)18-27(2,3)4)25-28-23-11-8-7-10-22(23)26(32)30(25)20-12-14-21(34-6)15-13-20/h7-8,10-15,19H,9,16-18H2,1-6H3. The summed E-state index contributed by atoms with van der Waals surface area (Å²) in [6.45, 7) is 9.13. The van der Waals surface area contributed by atoms with Crippen molar-refractivity contribution >= 4 is 16.8 Å². The molecule has 0 spiro atoms. The number of methoxy groups -OCH3 is 2. The van der Waals surface area contributed by atoms with Crippen molar-refractivity contribution in [2.75, 3.05) is 27.4 Å². The summed E-state index contributed by atoms with van der Waals surface area (Å²) in [5, 5.41) is 0.529. The summed E-state index contributed by atoms with van der Waals surface area (Å²) >= 11 is 0. The summed E-state index contributed by atoms with van der Waals surface area (Å²) in [5.74, 6) is 1.25. The lowest BCUT2D eigenvalue weighted by Gasteiger charge is -2.32. The van der Waals surface area contributed by atoms with Gasteiger partial charge in [0.05, 0.1) is 29.7 Å². The van der Waals surface area contributed by atoms with E-state index in [0.29, 0.717) is 54.2 Å². The SMILES string of the molecule is COCCCN(C(=O)CC(C)(C)C)C(C)c1nc2ccccc2c(=O)n1-c1ccc(OC)cc1. The number of carbonyl (C=O) groups excluding carboxylic acids is 1. The van der Waals surface area contributed by atoms with Gasteiger partial charge in [0, 0.05) is 26.7 Å². The minimum atomic E-state index is -0.425. The highest BCUT2D eigenvalue weighted by molar-refractivity contribution is 5.79. The second-order valence-electron chi connectivity index (χ2n) is 9.67. The predicted octanol–water partition coefficient (Wildman–Crippen LogP) is 4.76. The smallest absolute Gasteiger partial charge is 0.266 e. The first-order chi connectivity index (χ1) is 16.2. The summed E-state index contributed by atoms with van der Waals surface area (Å²) in [4.78, 5) is 33.8. The number of ether oxygens (including phenoxy) is 2. The molecular weight excluding hydrogens is 430 g/mol. The van der Waals surface area contributed by atoms with Crippen molar-refractivity contribution in [3.8, 4) is 11.4 Å². The number of fused-ring (bicyclic) bond motifs is 1. The third-order valence-corrected chi connectivity index (χ3v) is 5.72. The van der Waals surface area contributed by atoms with Crippen molar-refractivity contribution in [1.29, 1.82) is 0 Å². The topological polar surface area (TPSA) is 73.7 Å². The molecule has 1 amide bonds. The molecule has 0 saturated heterocycles. The highest BCUT2D eigenvalue weighted by Gasteiger charge is 2.29. The molecule has 3 rings (SSSR count). The molecule has 7 heteroatoms. The van der Waals surface area contributed by atoms with Gasteiger partial charge in [-0.15, -0.1) is 0 Å². The van der Waals surface area contributed by atoms with Gasteiger partial charge >= 0.3 is 0 Å². The van der Waals surface area contributed by atoms with E-state index >= 15 is 0 Å². The Balaban J connectivity index is 2.17. The fraction of sp³-hybridized carbons (Fsp3) is 0.444. The van der Waals surface area contributed by atoms with Gasteiger partial charge in [0.15, 0.2) is 0 Å². The Labute approximate surface area is 201 Å². The maximum atomic E-state index is 13.7. The summed E-state index contributed by atoms with van der Waals surface area (Å²) < 4.78 is 12.1. The van der Waals surface area contributed by atoms with Crippen LogP contribution in [0.5, 0.6) is 5.75 Å². The second kappa shape index (κ2) is 10.8. The quantitative estimate of drug-likeness (QED) is 0.426. The highest BCUT2D eigenvalue weighted by Crippen LogP contribution is 2.27. The largest absolute Gasteiger partial charge is 0.497 e. The van der Waals surface area contributed by atoms with Crippen LogP contribution in [-0.2, 0) is 9.53 Å². The number of amides is 1. The lowest BCUT2D eigenvalue weighted by Crippen LogP contribution is -2.39. The van der Waals surface area contributed by atoms with E-state index in [1.54, 1.807) is 24.9 Å². The highest BCUT2D eigenvalue weighted by atomic mass is 16.5. The van der Waals surface area contributed by atoms with E-state index < -0.39 is 6.04 Å². The van der Waals surface area contributed by atoms with E-state index in [4.69, 9.17) is 14.5 Å². The van der Waals surface area contributed by atoms with Crippen LogP contribution in [0.25, 0.3) is 16.6 Å². The summed E-state index contributed by atoms with van der Waals surface area (Å²) in [7, 11) is 3.25. The molecule has 182 valence electrons. The normalized spacial score (nSPS) is 12.5. The van der Waals surface area contributed by atoms with E-state index in [1.807, 2.05) is 75.1 Å². The molecule has 0 aliphatic heterocycles. The Hall–Kier alpha value is -3.19. The van der Waals surface area contributed by atoms with Gasteiger partial charge in [-0.1, -0.05) is 32.9 Å². The van der Waals surface area contributed by atoms with Crippen molar-refractivity contribution < 1.29 is 14.3 Å². The predicted molar refractivity (Wildman–Crippen MR) is 135 cm³/mol. The molecule has 0 N–H and O–H groups in total. The van der Waals surface area contributed by atoms with Gasteiger partial charge in [0.2, 0.25) is 5.91 Å². The van der Waals surface area contributed by atoms with Crippen LogP contribution in [0, 0.1) is 5.41 Å². The molecule has 0 fully saturated rings. The van der Waals surface area contributed by atoms with Crippen LogP contribution < -0.4 is 10.3 Å². The van der Waals surface area contributed by atoms with E-state index in [-0.39, 0.29) is 16.9 Å². The molecule has 2 aromatic carbocycles. The molecule has 1 atom stereocenters. The van der Waals surface area contributed by atoms with Crippen molar-refractivity contribution in [1.82, 2.24) is 14.5 Å². The first kappa shape index (κ1) is 25.4. The van der Waals surface area contributed by atoms with Gasteiger partial charge in [-0.05, 0) is 55.2 Å². The van der Waals surface area contributed by atoms with Gasteiger partial charge in [0.1, 0.15) is 11.6 Å². The van der Waals surface area contributed by atoms with E-state index in [2.05, 4.69) is 0 Å². The number of hydrogen-bond acceptors (Lipinski definition) is 5. The van der Waals surface area contributed by atoms with Crippen LogP contribution in [0.3, 0.4) is 0 Å². The average molecular weight is 466 g/mol. The number of benzene rings is 2. The van der Waals surface area contributed by atoms with E-state index in [0.717, 1.165) is 0 Å². The molecule has 0 bridgehead atoms. The van der Waals surface area contributed by atoms with Crippen LogP contribution in [-0.4, -0.2) is 47.7 Å². The molecule has 0 saturated carbocycles. The van der Waals surface area contributed by atoms with Gasteiger partial charge in [0.25, 0.3) is 5.56 Å². The van der Waals surface area contributed by atoms with Crippen molar-refractivity contribution in [3.63, 3.8) is 0 Å². The van der Waals surface area contributed by atoms with Gasteiger partial charge in [-0.3, -0.25) is 14.2 Å². The summed E-state index contributed by atoms with van der Waals surface area (Å²) in [6, 6.07) is 14.2. The lowest BCUT2D eigenvalue weighted by atomic mass is 9.91. The second-order valence-corrected chi connectivity index (χ2v) is 9.67. The number of aromatic nitrogens is 2. The number of hydrogen-bond donors (Lipinski definition) is 0. The first-order valence-electron chi connectivity index (χ1n) is 11.6. The minimum absolute atomic E-state index is 0.0276. The molecule has 0 aliphatic rings. The van der Waals surface area contributed by atoms with E-state index in [1.165, 1.54) is 0 Å². The van der Waals surface area contributed by atoms with Crippen LogP contribution in [0.4, 0.5) is 0 Å². The molecule has 0 radical (unpaired) electrons. The maximum absolute atomic E-state index is 13.7. The molecule has 1 heterocycles. The van der Waals surface area contributed by atoms with Crippen LogP contribution in [0.1, 0.15) is 52.4 Å². The number of carbonyl (C=O) groups is 1. The van der Waals surface area contributed by atoms with Crippen molar-refractivity contribution in [2.24, 2.45) is 5.41 Å². The lowest BCUT2D eigenvalue weighted by molar-refractivity contribution is -0.135. The van der Waals surface area contributed by atoms with Crippen LogP contribution >= 0.6 is 0 Å². The Morgan fingerprint density at radius 3 is 2.38 bits per heavy atom. The van der Waals surface area contributed by atoms with Gasteiger partial charge in [-0.2, -0.15) is 0 Å². The molecule has 34 heavy (non-hydrogen) atoms. The number of nitrogens with zero attached hydrogens (tertiary/aromatic N) is 3. The zero-order valence-electron chi connectivity index (χ0n) is 21.0. The van der Waals surface area contributed by atoms with Gasteiger partial charge < -0.3 is 14.4 Å².